The summed E-state index contributed by atoms with van der Waals surface area (Å²) in [5, 5.41) is 0. The van der Waals surface area contributed by atoms with Crippen LogP contribution in [0, 0.1) is 0 Å². The lowest BCUT2D eigenvalue weighted by Crippen LogP contribution is -2.23. The Bertz CT molecular complexity index is 226. The number of nitrogens with two attached hydrogens (primary N) is 1. The van der Waals surface area contributed by atoms with Crippen LogP contribution in [0.2, 0.25) is 0 Å². The predicted octanol–water partition coefficient (Wildman–Crippen LogP) is 1.33. The summed E-state index contributed by atoms with van der Waals surface area (Å²) in [5.41, 5.74) is 6.75. The smallest absolute Gasteiger partial charge is 0.0210 e. The van der Waals surface area contributed by atoms with Crippen molar-refractivity contribution in [1.29, 1.82) is 0 Å². The van der Waals surface area contributed by atoms with Gasteiger partial charge >= 0.3 is 0 Å². The van der Waals surface area contributed by atoms with E-state index in [9.17, 15) is 0 Å². The first-order valence-corrected chi connectivity index (χ1v) is 4.90. The van der Waals surface area contributed by atoms with Gasteiger partial charge in [-0.2, -0.15) is 0 Å². The standard InChI is InChI=1S/C10H16N2S/c11-7-9-12(13)8-6-10-4-2-1-3-5-10/h1-5,13H,6-9,11H2. The van der Waals surface area contributed by atoms with Gasteiger partial charge in [-0.1, -0.05) is 43.1 Å². The zero-order chi connectivity index (χ0) is 9.52. The van der Waals surface area contributed by atoms with Gasteiger partial charge in [-0.25, -0.2) is 0 Å². The van der Waals surface area contributed by atoms with Crippen LogP contribution < -0.4 is 5.73 Å². The van der Waals surface area contributed by atoms with E-state index in [1.807, 2.05) is 10.4 Å². The molecule has 13 heavy (non-hydrogen) atoms. The van der Waals surface area contributed by atoms with Crippen LogP contribution in [0.25, 0.3) is 0 Å². The van der Waals surface area contributed by atoms with Crippen molar-refractivity contribution in [3.63, 3.8) is 0 Å². The number of nitrogens with zero attached hydrogens (tertiary/aromatic N) is 1. The van der Waals surface area contributed by atoms with E-state index in [1.54, 1.807) is 0 Å². The largest absolute Gasteiger partial charge is 0.329 e. The zero-order valence-corrected chi connectivity index (χ0v) is 8.58. The summed E-state index contributed by atoms with van der Waals surface area (Å²) >= 11 is 4.29. The van der Waals surface area contributed by atoms with E-state index < -0.39 is 0 Å². The Morgan fingerprint density at radius 2 is 1.85 bits per heavy atom. The number of benzene rings is 1. The molecule has 2 N–H and O–H groups in total. The highest BCUT2D eigenvalue weighted by atomic mass is 32.1. The van der Waals surface area contributed by atoms with Crippen molar-refractivity contribution in [3.8, 4) is 0 Å². The normalized spacial score (nSPS) is 10.7. The monoisotopic (exact) mass is 196 g/mol. The van der Waals surface area contributed by atoms with Gasteiger partial charge in [0.05, 0.1) is 0 Å². The Morgan fingerprint density at radius 1 is 1.15 bits per heavy atom. The average Bonchev–Trinajstić information content (AvgIpc) is 2.17. The predicted molar refractivity (Wildman–Crippen MR) is 59.8 cm³/mol. The second-order valence-corrected chi connectivity index (χ2v) is 3.54. The summed E-state index contributed by atoms with van der Waals surface area (Å²) in [6.07, 6.45) is 1.03. The molecule has 2 nitrogen and oxygen atoms in total. The second kappa shape index (κ2) is 6.02. The SMILES string of the molecule is NCCN(S)CCc1ccccc1. The number of thiol groups is 1. The van der Waals surface area contributed by atoms with Crippen LogP contribution in [0.4, 0.5) is 0 Å². The third kappa shape index (κ3) is 4.31. The lowest BCUT2D eigenvalue weighted by Gasteiger charge is -2.13. The zero-order valence-electron chi connectivity index (χ0n) is 7.69. The van der Waals surface area contributed by atoms with Gasteiger partial charge in [-0.3, -0.25) is 4.31 Å². The van der Waals surface area contributed by atoms with Crippen molar-refractivity contribution in [2.75, 3.05) is 19.6 Å². The first-order valence-electron chi connectivity index (χ1n) is 4.50. The Labute approximate surface area is 85.3 Å². The van der Waals surface area contributed by atoms with Gasteiger partial charge < -0.3 is 5.73 Å². The highest BCUT2D eigenvalue weighted by Crippen LogP contribution is 2.02. The van der Waals surface area contributed by atoms with Gasteiger partial charge in [0.15, 0.2) is 0 Å². The quantitative estimate of drug-likeness (QED) is 0.696. The molecule has 0 unspecified atom stereocenters. The lowest BCUT2D eigenvalue weighted by molar-refractivity contribution is 0.491. The first-order chi connectivity index (χ1) is 6.33. The van der Waals surface area contributed by atoms with Crippen molar-refractivity contribution in [1.82, 2.24) is 4.31 Å². The molecule has 3 heteroatoms. The molecule has 0 spiro atoms. The van der Waals surface area contributed by atoms with Crippen LogP contribution in [0.5, 0.6) is 0 Å². The van der Waals surface area contributed by atoms with E-state index in [0.29, 0.717) is 6.54 Å². The Hall–Kier alpha value is -0.510. The third-order valence-electron chi connectivity index (χ3n) is 1.89. The van der Waals surface area contributed by atoms with E-state index in [-0.39, 0.29) is 0 Å². The molecular formula is C10H16N2S. The van der Waals surface area contributed by atoms with Gasteiger partial charge in [-0.15, -0.1) is 0 Å². The summed E-state index contributed by atoms with van der Waals surface area (Å²) in [6, 6.07) is 10.4. The van der Waals surface area contributed by atoms with Crippen LogP contribution in [0.1, 0.15) is 5.56 Å². The van der Waals surface area contributed by atoms with E-state index in [0.717, 1.165) is 19.5 Å². The fraction of sp³-hybridized carbons (Fsp3) is 0.400. The summed E-state index contributed by atoms with van der Waals surface area (Å²) in [7, 11) is 0. The van der Waals surface area contributed by atoms with Crippen LogP contribution in [-0.4, -0.2) is 23.9 Å². The van der Waals surface area contributed by atoms with Gasteiger partial charge in [0.25, 0.3) is 0 Å². The summed E-state index contributed by atoms with van der Waals surface area (Å²) in [5.74, 6) is 0. The molecule has 0 radical (unpaired) electrons. The number of rotatable bonds is 5. The summed E-state index contributed by atoms with van der Waals surface area (Å²) < 4.78 is 1.95. The molecule has 1 aromatic carbocycles. The minimum atomic E-state index is 0.665. The average molecular weight is 196 g/mol. The van der Waals surface area contributed by atoms with Gasteiger partial charge in [0.2, 0.25) is 0 Å². The maximum atomic E-state index is 5.41. The molecule has 0 bridgehead atoms. The molecule has 0 aliphatic rings. The van der Waals surface area contributed by atoms with Crippen LogP contribution in [0.3, 0.4) is 0 Å². The molecule has 0 aliphatic carbocycles. The van der Waals surface area contributed by atoms with Crippen LogP contribution in [0.15, 0.2) is 30.3 Å². The van der Waals surface area contributed by atoms with E-state index >= 15 is 0 Å². The van der Waals surface area contributed by atoms with Crippen LogP contribution in [-0.2, 0) is 6.42 Å². The number of hydrogen-bond donors (Lipinski definition) is 2. The molecule has 0 saturated carbocycles. The van der Waals surface area contributed by atoms with Gasteiger partial charge in [0, 0.05) is 19.6 Å². The molecule has 1 rings (SSSR count). The molecule has 0 fully saturated rings. The van der Waals surface area contributed by atoms with Gasteiger partial charge in [0.1, 0.15) is 0 Å². The number of hydrogen-bond acceptors (Lipinski definition) is 3. The van der Waals surface area contributed by atoms with Crippen molar-refractivity contribution in [2.45, 2.75) is 6.42 Å². The van der Waals surface area contributed by atoms with Crippen molar-refractivity contribution >= 4 is 12.8 Å². The second-order valence-electron chi connectivity index (χ2n) is 2.98. The Kier molecular flexibility index (Phi) is 4.90. The molecule has 0 amide bonds. The first kappa shape index (κ1) is 10.6. The Balaban J connectivity index is 2.27. The molecule has 0 saturated heterocycles. The highest BCUT2D eigenvalue weighted by molar-refractivity contribution is 7.77. The maximum Gasteiger partial charge on any atom is 0.0210 e. The molecule has 1 aromatic rings. The fourth-order valence-corrected chi connectivity index (χ4v) is 1.38. The van der Waals surface area contributed by atoms with Crippen molar-refractivity contribution < 1.29 is 0 Å². The molecular weight excluding hydrogens is 180 g/mol. The maximum absolute atomic E-state index is 5.41. The van der Waals surface area contributed by atoms with Crippen LogP contribution >= 0.6 is 12.8 Å². The molecule has 0 aromatic heterocycles. The summed E-state index contributed by atoms with van der Waals surface area (Å²) in [6.45, 7) is 2.46. The van der Waals surface area contributed by atoms with Gasteiger partial charge in [-0.05, 0) is 12.0 Å². The molecule has 72 valence electrons. The summed E-state index contributed by atoms with van der Waals surface area (Å²) in [4.78, 5) is 0. The van der Waals surface area contributed by atoms with E-state index in [2.05, 4.69) is 37.1 Å². The van der Waals surface area contributed by atoms with Crippen molar-refractivity contribution in [3.05, 3.63) is 35.9 Å². The molecule has 0 aliphatic heterocycles. The lowest BCUT2D eigenvalue weighted by atomic mass is 10.1. The molecule has 0 heterocycles. The third-order valence-corrected chi connectivity index (χ3v) is 2.29. The highest BCUT2D eigenvalue weighted by Gasteiger charge is 1.97. The van der Waals surface area contributed by atoms with Crippen molar-refractivity contribution in [2.24, 2.45) is 5.73 Å². The Morgan fingerprint density at radius 3 is 2.46 bits per heavy atom. The fourth-order valence-electron chi connectivity index (χ4n) is 1.16. The topological polar surface area (TPSA) is 29.3 Å². The van der Waals surface area contributed by atoms with E-state index in [1.165, 1.54) is 5.56 Å². The minimum Gasteiger partial charge on any atom is -0.329 e. The minimum absolute atomic E-state index is 0.665. The van der Waals surface area contributed by atoms with E-state index in [4.69, 9.17) is 5.73 Å². The molecule has 0 atom stereocenters.